The zero-order valence-corrected chi connectivity index (χ0v) is 19.2. The Morgan fingerprint density at radius 1 is 1.00 bits per heavy atom. The van der Waals surface area contributed by atoms with Crippen molar-refractivity contribution in [3.05, 3.63) is 81.3 Å². The summed E-state index contributed by atoms with van der Waals surface area (Å²) >= 11 is 18.3. The van der Waals surface area contributed by atoms with Gasteiger partial charge in [0, 0.05) is 26.3 Å². The molecule has 0 fully saturated rings. The molecule has 0 aromatic heterocycles. The summed E-state index contributed by atoms with van der Waals surface area (Å²) in [7, 11) is -4.16. The second-order valence-corrected chi connectivity index (χ2v) is 9.39. The average molecular weight is 500 g/mol. The molecule has 1 atom stereocenters. The van der Waals surface area contributed by atoms with Crippen LogP contribution in [0.25, 0.3) is 0 Å². The highest BCUT2D eigenvalue weighted by Gasteiger charge is 2.23. The summed E-state index contributed by atoms with van der Waals surface area (Å²) in [6, 6.07) is 15.5. The largest absolute Gasteiger partial charge is 0.456 e. The van der Waals surface area contributed by atoms with Crippen molar-refractivity contribution >= 4 is 56.4 Å². The van der Waals surface area contributed by atoms with Crippen LogP contribution in [0.1, 0.15) is 18.4 Å². The molecule has 0 radical (unpaired) electrons. The van der Waals surface area contributed by atoms with Crippen LogP contribution in [0.2, 0.25) is 15.1 Å². The number of sulfonamides is 1. The highest BCUT2D eigenvalue weighted by atomic mass is 35.5. The van der Waals surface area contributed by atoms with E-state index in [0.29, 0.717) is 26.4 Å². The fourth-order valence-electron chi connectivity index (χ4n) is 2.86. The molecule has 0 saturated heterocycles. The third kappa shape index (κ3) is 5.70. The molecular formula is C21H17Cl3N2O4S. The summed E-state index contributed by atoms with van der Waals surface area (Å²) in [5.74, 6) is -0.804. The summed E-state index contributed by atoms with van der Waals surface area (Å²) < 4.78 is 29.9. The van der Waals surface area contributed by atoms with Crippen LogP contribution < -0.4 is 15.2 Å². The van der Waals surface area contributed by atoms with Gasteiger partial charge in [-0.1, -0.05) is 46.9 Å². The summed E-state index contributed by atoms with van der Waals surface area (Å²) in [5, 5.41) is 9.13. The van der Waals surface area contributed by atoms with E-state index in [1.165, 1.54) is 24.3 Å². The number of nitrogens with two attached hydrogens (primary N) is 1. The second-order valence-electron chi connectivity index (χ2n) is 6.61. The zero-order valence-electron chi connectivity index (χ0n) is 16.1. The number of nitrogens with one attached hydrogen (secondary N) is 1. The first-order valence-corrected chi connectivity index (χ1v) is 11.6. The van der Waals surface area contributed by atoms with E-state index in [1.807, 2.05) is 0 Å². The molecule has 0 heterocycles. The van der Waals surface area contributed by atoms with Gasteiger partial charge in [0.2, 0.25) is 15.9 Å². The fraction of sp³-hybridized carbons (Fsp3) is 0.0952. The smallest absolute Gasteiger partial charge is 0.241 e. The van der Waals surface area contributed by atoms with Crippen LogP contribution in [0.3, 0.4) is 0 Å². The Morgan fingerprint density at radius 3 is 2.26 bits per heavy atom. The van der Waals surface area contributed by atoms with Crippen molar-refractivity contribution in [1.82, 2.24) is 0 Å². The SMILES string of the molecule is CC(C(=O)Nc1ccc(Oc2cccc(Cl)c2)c(S(N)(=O)=O)c1)c1c(Cl)cccc1Cl. The molecule has 0 aliphatic rings. The quantitative estimate of drug-likeness (QED) is 0.446. The van der Waals surface area contributed by atoms with Crippen LogP contribution in [-0.2, 0) is 14.8 Å². The van der Waals surface area contributed by atoms with Gasteiger partial charge in [0.05, 0.1) is 5.92 Å². The molecule has 1 amide bonds. The molecule has 1 unspecified atom stereocenters. The van der Waals surface area contributed by atoms with Crippen LogP contribution in [0, 0.1) is 0 Å². The topological polar surface area (TPSA) is 98.5 Å². The van der Waals surface area contributed by atoms with E-state index in [-0.39, 0.29) is 16.3 Å². The maximum Gasteiger partial charge on any atom is 0.241 e. The van der Waals surface area contributed by atoms with Crippen molar-refractivity contribution in [3.63, 3.8) is 0 Å². The number of carbonyl (C=O) groups excluding carboxylic acids is 1. The van der Waals surface area contributed by atoms with Crippen molar-refractivity contribution in [1.29, 1.82) is 0 Å². The Bertz CT molecular complexity index is 1230. The van der Waals surface area contributed by atoms with Crippen LogP contribution in [0.4, 0.5) is 5.69 Å². The highest BCUT2D eigenvalue weighted by molar-refractivity contribution is 7.89. The summed E-state index contributed by atoms with van der Waals surface area (Å²) in [5.41, 5.74) is 0.679. The molecule has 3 aromatic rings. The number of anilines is 1. The lowest BCUT2D eigenvalue weighted by atomic mass is 10.00. The molecule has 10 heteroatoms. The second kappa shape index (κ2) is 9.46. The standard InChI is InChI=1S/C21H17Cl3N2O4S/c1-12(20-16(23)6-3-7-17(20)24)21(27)26-14-8-9-18(19(11-14)31(25,28)29)30-15-5-2-4-13(22)10-15/h2-12H,1H3,(H,26,27)(H2,25,28,29). The van der Waals surface area contributed by atoms with Gasteiger partial charge in [-0.25, -0.2) is 13.6 Å². The number of halogens is 3. The first kappa shape index (κ1) is 23.4. The van der Waals surface area contributed by atoms with E-state index < -0.39 is 21.8 Å². The Hall–Kier alpha value is -2.29. The minimum absolute atomic E-state index is 0.00929. The van der Waals surface area contributed by atoms with Gasteiger partial charge in [0.15, 0.2) is 0 Å². The minimum atomic E-state index is -4.16. The van der Waals surface area contributed by atoms with Crippen molar-refractivity contribution in [3.8, 4) is 11.5 Å². The van der Waals surface area contributed by atoms with E-state index in [4.69, 9.17) is 44.7 Å². The van der Waals surface area contributed by atoms with Crippen LogP contribution in [-0.4, -0.2) is 14.3 Å². The summed E-state index contributed by atoms with van der Waals surface area (Å²) in [6.45, 7) is 1.64. The van der Waals surface area contributed by atoms with Gasteiger partial charge in [-0.05, 0) is 55.5 Å². The molecule has 0 aliphatic heterocycles. The molecule has 0 aliphatic carbocycles. The van der Waals surface area contributed by atoms with Crippen LogP contribution in [0.15, 0.2) is 65.6 Å². The number of carbonyl (C=O) groups is 1. The number of benzene rings is 3. The molecule has 6 nitrogen and oxygen atoms in total. The average Bonchev–Trinajstić information content (AvgIpc) is 2.68. The highest BCUT2D eigenvalue weighted by Crippen LogP contribution is 2.34. The van der Waals surface area contributed by atoms with Crippen molar-refractivity contribution in [2.75, 3.05) is 5.32 Å². The first-order valence-electron chi connectivity index (χ1n) is 8.91. The van der Waals surface area contributed by atoms with Gasteiger partial charge < -0.3 is 10.1 Å². The van der Waals surface area contributed by atoms with Crippen LogP contribution >= 0.6 is 34.8 Å². The Kier molecular flexibility index (Phi) is 7.13. The molecule has 31 heavy (non-hydrogen) atoms. The Labute approximate surface area is 194 Å². The lowest BCUT2D eigenvalue weighted by Gasteiger charge is -2.17. The third-order valence-electron chi connectivity index (χ3n) is 4.37. The lowest BCUT2D eigenvalue weighted by Crippen LogP contribution is -2.20. The van der Waals surface area contributed by atoms with Crippen molar-refractivity contribution in [2.45, 2.75) is 17.7 Å². The van der Waals surface area contributed by atoms with E-state index in [2.05, 4.69) is 5.32 Å². The minimum Gasteiger partial charge on any atom is -0.456 e. The molecule has 0 bridgehead atoms. The molecule has 0 saturated carbocycles. The molecular weight excluding hydrogens is 483 g/mol. The van der Waals surface area contributed by atoms with Gasteiger partial charge in [-0.3, -0.25) is 4.79 Å². The van der Waals surface area contributed by atoms with Gasteiger partial charge >= 0.3 is 0 Å². The predicted molar refractivity (Wildman–Crippen MR) is 123 cm³/mol. The number of hydrogen-bond donors (Lipinski definition) is 2. The van der Waals surface area contributed by atoms with E-state index in [0.717, 1.165) is 0 Å². The maximum absolute atomic E-state index is 12.7. The van der Waals surface area contributed by atoms with Crippen LogP contribution in [0.5, 0.6) is 11.5 Å². The molecule has 0 spiro atoms. The number of ether oxygens (including phenoxy) is 1. The predicted octanol–water partition coefficient (Wildman–Crippen LogP) is 5.83. The van der Waals surface area contributed by atoms with Crippen molar-refractivity contribution < 1.29 is 17.9 Å². The molecule has 3 N–H and O–H groups in total. The maximum atomic E-state index is 12.7. The molecule has 3 aromatic carbocycles. The first-order chi connectivity index (χ1) is 14.6. The molecule has 162 valence electrons. The summed E-state index contributed by atoms with van der Waals surface area (Å²) in [4.78, 5) is 12.4. The van der Waals surface area contributed by atoms with Crippen molar-refractivity contribution in [2.24, 2.45) is 5.14 Å². The number of amides is 1. The van der Waals surface area contributed by atoms with E-state index in [1.54, 1.807) is 43.3 Å². The number of primary sulfonamides is 1. The zero-order chi connectivity index (χ0) is 22.8. The van der Waals surface area contributed by atoms with Gasteiger partial charge in [0.1, 0.15) is 16.4 Å². The van der Waals surface area contributed by atoms with E-state index in [9.17, 15) is 13.2 Å². The normalized spacial score (nSPS) is 12.3. The number of rotatable bonds is 6. The number of hydrogen-bond acceptors (Lipinski definition) is 4. The van der Waals surface area contributed by atoms with E-state index >= 15 is 0 Å². The Morgan fingerprint density at radius 2 is 1.65 bits per heavy atom. The monoisotopic (exact) mass is 498 g/mol. The fourth-order valence-corrected chi connectivity index (χ4v) is 4.44. The Balaban J connectivity index is 1.89. The van der Waals surface area contributed by atoms with Gasteiger partial charge in [-0.2, -0.15) is 0 Å². The van der Waals surface area contributed by atoms with Gasteiger partial charge in [-0.15, -0.1) is 0 Å². The summed E-state index contributed by atoms with van der Waals surface area (Å²) in [6.07, 6.45) is 0. The third-order valence-corrected chi connectivity index (χ3v) is 6.19. The lowest BCUT2D eigenvalue weighted by molar-refractivity contribution is -0.117. The molecule has 3 rings (SSSR count). The van der Waals surface area contributed by atoms with Gasteiger partial charge in [0.25, 0.3) is 0 Å².